The Morgan fingerprint density at radius 1 is 1.18 bits per heavy atom. The first-order chi connectivity index (χ1) is 10.8. The van der Waals surface area contributed by atoms with E-state index in [1.807, 2.05) is 6.07 Å². The van der Waals surface area contributed by atoms with Gasteiger partial charge in [-0.3, -0.25) is 4.79 Å². The predicted octanol–water partition coefficient (Wildman–Crippen LogP) is 2.48. The Hall–Kier alpha value is -3.02. The third-order valence-corrected chi connectivity index (χ3v) is 2.93. The summed E-state index contributed by atoms with van der Waals surface area (Å²) in [6.45, 7) is 0.999. The van der Waals surface area contributed by atoms with E-state index < -0.39 is 0 Å². The van der Waals surface area contributed by atoms with Gasteiger partial charge < -0.3 is 13.9 Å². The van der Waals surface area contributed by atoms with E-state index in [4.69, 9.17) is 13.9 Å². The van der Waals surface area contributed by atoms with Crippen LogP contribution < -0.4 is 14.9 Å². The van der Waals surface area contributed by atoms with Crippen LogP contribution in [-0.4, -0.2) is 25.3 Å². The van der Waals surface area contributed by atoms with Gasteiger partial charge in [0, 0.05) is 11.8 Å². The lowest BCUT2D eigenvalue weighted by molar-refractivity contribution is 0.0954. The Balaban J connectivity index is 1.57. The zero-order valence-corrected chi connectivity index (χ0v) is 11.7. The normalized spacial score (nSPS) is 13.6. The molecule has 6 nitrogen and oxygen atoms in total. The number of fused-ring (bicyclic) bond motifs is 1. The summed E-state index contributed by atoms with van der Waals surface area (Å²) >= 11 is 0. The number of benzene rings is 1. The number of nitrogens with one attached hydrogen (secondary N) is 1. The van der Waals surface area contributed by atoms with Crippen LogP contribution in [-0.2, 0) is 0 Å². The highest BCUT2D eigenvalue weighted by atomic mass is 16.6. The molecule has 22 heavy (non-hydrogen) atoms. The molecule has 0 aliphatic carbocycles. The van der Waals surface area contributed by atoms with Crippen molar-refractivity contribution in [2.75, 3.05) is 13.2 Å². The number of carbonyl (C=O) groups excluding carboxylic acids is 1. The molecule has 0 fully saturated rings. The second-order valence-electron chi connectivity index (χ2n) is 4.45. The van der Waals surface area contributed by atoms with Crippen molar-refractivity contribution in [3.63, 3.8) is 0 Å². The molecule has 0 radical (unpaired) electrons. The number of carbonyl (C=O) groups is 1. The molecule has 0 saturated heterocycles. The number of furan rings is 1. The quantitative estimate of drug-likeness (QED) is 0.695. The van der Waals surface area contributed by atoms with E-state index in [-0.39, 0.29) is 5.91 Å². The minimum absolute atomic E-state index is 0.320. The van der Waals surface area contributed by atoms with Crippen LogP contribution in [0.3, 0.4) is 0 Å². The van der Waals surface area contributed by atoms with Gasteiger partial charge in [0.15, 0.2) is 11.5 Å². The maximum absolute atomic E-state index is 12.0. The molecule has 0 spiro atoms. The molecule has 1 aromatic heterocycles. The van der Waals surface area contributed by atoms with Crippen LogP contribution in [0.15, 0.2) is 52.2 Å². The predicted molar refractivity (Wildman–Crippen MR) is 81.1 cm³/mol. The molecule has 112 valence electrons. The maximum atomic E-state index is 12.0. The lowest BCUT2D eigenvalue weighted by atomic mass is 10.2. The van der Waals surface area contributed by atoms with Crippen molar-refractivity contribution in [1.29, 1.82) is 0 Å². The van der Waals surface area contributed by atoms with Crippen molar-refractivity contribution in [3.05, 3.63) is 54.0 Å². The Morgan fingerprint density at radius 3 is 2.86 bits per heavy atom. The van der Waals surface area contributed by atoms with Gasteiger partial charge in [0.1, 0.15) is 19.0 Å². The molecule has 0 unspecified atom stereocenters. The Kier molecular flexibility index (Phi) is 4.20. The molecule has 3 rings (SSSR count). The topological polar surface area (TPSA) is 73.1 Å². The fraction of sp³-hybridized carbons (Fsp3) is 0.125. The first kappa shape index (κ1) is 13.9. The summed E-state index contributed by atoms with van der Waals surface area (Å²) in [6.07, 6.45) is 6.46. The van der Waals surface area contributed by atoms with Crippen molar-refractivity contribution >= 4 is 18.2 Å². The molecule has 1 N–H and O–H groups in total. The number of ether oxygens (including phenoxy) is 2. The highest BCUT2D eigenvalue weighted by Crippen LogP contribution is 2.30. The molecular weight excluding hydrogens is 284 g/mol. The van der Waals surface area contributed by atoms with E-state index in [0.717, 1.165) is 0 Å². The largest absolute Gasteiger partial charge is 0.486 e. The molecule has 0 saturated carbocycles. The van der Waals surface area contributed by atoms with Crippen LogP contribution in [0, 0.1) is 0 Å². The number of allylic oxidation sites excluding steroid dienone is 1. The average molecular weight is 298 g/mol. The molecule has 0 atom stereocenters. The van der Waals surface area contributed by atoms with E-state index in [1.165, 1.54) is 6.21 Å². The third-order valence-electron chi connectivity index (χ3n) is 2.93. The van der Waals surface area contributed by atoms with Crippen molar-refractivity contribution < 1.29 is 18.7 Å². The van der Waals surface area contributed by atoms with Gasteiger partial charge in [-0.25, -0.2) is 5.43 Å². The van der Waals surface area contributed by atoms with Crippen LogP contribution in [0.5, 0.6) is 11.5 Å². The zero-order chi connectivity index (χ0) is 15.2. The number of nitrogens with zero attached hydrogens (tertiary/aromatic N) is 1. The molecule has 1 aliphatic rings. The Bertz CT molecular complexity index is 705. The summed E-state index contributed by atoms with van der Waals surface area (Å²) in [4.78, 5) is 12.0. The second kappa shape index (κ2) is 6.62. The van der Waals surface area contributed by atoms with Crippen LogP contribution in [0.4, 0.5) is 0 Å². The molecular formula is C16H14N2O4. The number of amides is 1. The summed E-state index contributed by atoms with van der Waals surface area (Å²) in [5.41, 5.74) is 2.89. The van der Waals surface area contributed by atoms with Gasteiger partial charge in [-0.2, -0.15) is 5.10 Å². The Labute approximate surface area is 127 Å². The van der Waals surface area contributed by atoms with Gasteiger partial charge in [0.25, 0.3) is 5.91 Å². The number of hydrazone groups is 1. The van der Waals surface area contributed by atoms with Crippen molar-refractivity contribution in [1.82, 2.24) is 5.43 Å². The van der Waals surface area contributed by atoms with Gasteiger partial charge in [-0.15, -0.1) is 0 Å². The Morgan fingerprint density at radius 2 is 2.05 bits per heavy atom. The minimum Gasteiger partial charge on any atom is -0.486 e. The molecule has 6 heteroatoms. The SMILES string of the molecule is O=C(NN=CC=Cc1ccco1)c1ccc2c(c1)OCCO2. The van der Waals surface area contributed by atoms with Gasteiger partial charge in [0.05, 0.1) is 6.26 Å². The van der Waals surface area contributed by atoms with Gasteiger partial charge >= 0.3 is 0 Å². The summed E-state index contributed by atoms with van der Waals surface area (Å²) in [7, 11) is 0. The van der Waals surface area contributed by atoms with Crippen LogP contribution in [0.25, 0.3) is 6.08 Å². The van der Waals surface area contributed by atoms with Gasteiger partial charge in [0.2, 0.25) is 0 Å². The highest BCUT2D eigenvalue weighted by molar-refractivity contribution is 5.95. The monoisotopic (exact) mass is 298 g/mol. The highest BCUT2D eigenvalue weighted by Gasteiger charge is 2.14. The van der Waals surface area contributed by atoms with Crippen molar-refractivity contribution in [2.24, 2.45) is 5.10 Å². The third kappa shape index (κ3) is 3.35. The molecule has 2 aromatic rings. The fourth-order valence-electron chi connectivity index (χ4n) is 1.91. The summed E-state index contributed by atoms with van der Waals surface area (Å²) in [5, 5.41) is 3.83. The molecule has 1 aliphatic heterocycles. The van der Waals surface area contributed by atoms with Crippen LogP contribution in [0.2, 0.25) is 0 Å². The minimum atomic E-state index is -0.320. The summed E-state index contributed by atoms with van der Waals surface area (Å²) in [6, 6.07) is 8.62. The first-order valence-electron chi connectivity index (χ1n) is 6.76. The van der Waals surface area contributed by atoms with Crippen LogP contribution >= 0.6 is 0 Å². The standard InChI is InChI=1S/C16H14N2O4/c19-16(18-17-7-1-3-13-4-2-8-20-13)12-5-6-14-15(11-12)22-10-9-21-14/h1-8,11H,9-10H2,(H,18,19). The van der Waals surface area contributed by atoms with E-state index in [1.54, 1.807) is 42.7 Å². The average Bonchev–Trinajstić information content (AvgIpc) is 3.07. The van der Waals surface area contributed by atoms with E-state index >= 15 is 0 Å². The molecule has 1 aromatic carbocycles. The first-order valence-corrected chi connectivity index (χ1v) is 6.76. The molecule has 1 amide bonds. The zero-order valence-electron chi connectivity index (χ0n) is 11.7. The lowest BCUT2D eigenvalue weighted by Crippen LogP contribution is -2.19. The van der Waals surface area contributed by atoms with Gasteiger partial charge in [-0.1, -0.05) is 0 Å². The number of rotatable bonds is 4. The van der Waals surface area contributed by atoms with Gasteiger partial charge in [-0.05, 0) is 42.5 Å². The summed E-state index contributed by atoms with van der Waals surface area (Å²) < 4.78 is 16.0. The van der Waals surface area contributed by atoms with Crippen molar-refractivity contribution in [3.8, 4) is 11.5 Å². The molecule has 2 heterocycles. The van der Waals surface area contributed by atoms with E-state index in [0.29, 0.717) is 36.0 Å². The molecule has 0 bridgehead atoms. The number of hydrogen-bond acceptors (Lipinski definition) is 5. The van der Waals surface area contributed by atoms with E-state index in [9.17, 15) is 4.79 Å². The summed E-state index contributed by atoms with van der Waals surface area (Å²) in [5.74, 6) is 1.61. The van der Waals surface area contributed by atoms with Crippen molar-refractivity contribution in [2.45, 2.75) is 0 Å². The van der Waals surface area contributed by atoms with E-state index in [2.05, 4.69) is 10.5 Å². The maximum Gasteiger partial charge on any atom is 0.271 e. The smallest absolute Gasteiger partial charge is 0.271 e. The number of hydrogen-bond donors (Lipinski definition) is 1. The lowest BCUT2D eigenvalue weighted by Gasteiger charge is -2.18. The van der Waals surface area contributed by atoms with Crippen LogP contribution in [0.1, 0.15) is 16.1 Å². The second-order valence-corrected chi connectivity index (χ2v) is 4.45. The fourth-order valence-corrected chi connectivity index (χ4v) is 1.91.